The molecule has 27 heavy (non-hydrogen) atoms. The second kappa shape index (κ2) is 14.0. The Labute approximate surface area is 182 Å². The second-order valence-corrected chi connectivity index (χ2v) is 6.26. The summed E-state index contributed by atoms with van der Waals surface area (Å²) in [5, 5.41) is 24.9. The van der Waals surface area contributed by atoms with Gasteiger partial charge in [0.05, 0.1) is 0 Å². The summed E-state index contributed by atoms with van der Waals surface area (Å²) in [7, 11) is 0. The first-order chi connectivity index (χ1) is 12.5. The number of hydrogen-bond acceptors (Lipinski definition) is 7. The van der Waals surface area contributed by atoms with Gasteiger partial charge in [0.15, 0.2) is 0 Å². The van der Waals surface area contributed by atoms with Crippen LogP contribution in [0.5, 0.6) is 0 Å². The molecule has 2 aliphatic carbocycles. The van der Waals surface area contributed by atoms with E-state index in [4.69, 9.17) is 0 Å². The molecule has 0 atom stereocenters. The Bertz CT molecular complexity index is 751. The van der Waals surface area contributed by atoms with Crippen LogP contribution >= 0.6 is 31.9 Å². The van der Waals surface area contributed by atoms with E-state index in [0.29, 0.717) is 8.96 Å². The number of ketones is 2. The Kier molecular flexibility index (Phi) is 12.9. The minimum Gasteiger partial charge on any atom is -0.791 e. The van der Waals surface area contributed by atoms with E-state index < -0.39 is 0 Å². The Morgan fingerprint density at radius 1 is 0.741 bits per heavy atom. The van der Waals surface area contributed by atoms with E-state index in [1.165, 1.54) is 24.3 Å². The number of nitrogens with zero attached hydrogens (tertiary/aromatic N) is 3. The molecule has 10 heteroatoms. The SMILES string of the molecule is O=C1C=CC(Br)=C/C1=N\[O-].O=C1C=CC(Br)=C/C1=N\[O-].[Cu].c1ccncc1. The van der Waals surface area contributed by atoms with Crippen LogP contribution in [0.2, 0.25) is 0 Å². The van der Waals surface area contributed by atoms with Crippen LogP contribution in [0.3, 0.4) is 0 Å². The van der Waals surface area contributed by atoms with Crippen LogP contribution in [0.25, 0.3) is 0 Å². The molecule has 0 unspecified atom stereocenters. The van der Waals surface area contributed by atoms with Crippen LogP contribution in [0.15, 0.2) is 86.3 Å². The van der Waals surface area contributed by atoms with Gasteiger partial charge in [-0.3, -0.25) is 14.6 Å². The topological polar surface area (TPSA) is 118 Å². The predicted octanol–water partition coefficient (Wildman–Crippen LogP) is 3.76. The van der Waals surface area contributed by atoms with E-state index in [9.17, 15) is 20.0 Å². The molecule has 3 rings (SSSR count). The van der Waals surface area contributed by atoms with Crippen molar-refractivity contribution in [2.24, 2.45) is 10.3 Å². The normalized spacial score (nSPS) is 17.7. The molecule has 0 N–H and O–H groups in total. The molecule has 1 aromatic heterocycles. The van der Waals surface area contributed by atoms with Crippen molar-refractivity contribution in [3.63, 3.8) is 0 Å². The third-order valence-electron chi connectivity index (χ3n) is 2.61. The largest absolute Gasteiger partial charge is 0.791 e. The van der Waals surface area contributed by atoms with Crippen LogP contribution in [-0.4, -0.2) is 28.0 Å². The fraction of sp³-hybridized carbons (Fsp3) is 0. The number of rotatable bonds is 0. The average Bonchev–Trinajstić information content (AvgIpc) is 2.68. The monoisotopic (exact) mass is 542 g/mol. The molecule has 0 bridgehead atoms. The van der Waals surface area contributed by atoms with E-state index in [0.717, 1.165) is 0 Å². The number of carbonyl (C=O) groups excluding carboxylic acids is 2. The van der Waals surface area contributed by atoms with Gasteiger partial charge in [0.25, 0.3) is 0 Å². The Morgan fingerprint density at radius 3 is 1.37 bits per heavy atom. The summed E-state index contributed by atoms with van der Waals surface area (Å²) in [6.07, 6.45) is 12.0. The molecule has 0 spiro atoms. The van der Waals surface area contributed by atoms with Crippen molar-refractivity contribution in [3.8, 4) is 0 Å². The molecule has 7 nitrogen and oxygen atoms in total. The Balaban J connectivity index is 0.000000380. The van der Waals surface area contributed by atoms with Gasteiger partial charge in [-0.05, 0) is 48.6 Å². The number of halogens is 2. The van der Waals surface area contributed by atoms with Gasteiger partial charge in [0.2, 0.25) is 11.6 Å². The molecule has 0 fully saturated rings. The maximum Gasteiger partial charge on any atom is 0.203 e. The van der Waals surface area contributed by atoms with E-state index in [1.807, 2.05) is 18.2 Å². The summed E-state index contributed by atoms with van der Waals surface area (Å²) in [5.74, 6) is -0.698. The molecular weight excluding hydrogens is 534 g/mol. The summed E-state index contributed by atoms with van der Waals surface area (Å²) in [4.78, 5) is 25.2. The molecule has 0 aromatic carbocycles. The third kappa shape index (κ3) is 9.95. The van der Waals surface area contributed by atoms with Gasteiger partial charge in [0, 0.05) is 38.4 Å². The fourth-order valence-corrected chi connectivity index (χ4v) is 2.13. The molecule has 0 amide bonds. The van der Waals surface area contributed by atoms with Gasteiger partial charge in [-0.25, -0.2) is 0 Å². The number of pyridine rings is 1. The molecule has 1 aromatic rings. The maximum absolute atomic E-state index is 10.7. The summed E-state index contributed by atoms with van der Waals surface area (Å²) in [5.41, 5.74) is -0.122. The van der Waals surface area contributed by atoms with Crippen LogP contribution in [-0.2, 0) is 26.7 Å². The van der Waals surface area contributed by atoms with Gasteiger partial charge < -0.3 is 20.7 Å². The summed E-state index contributed by atoms with van der Waals surface area (Å²) < 4.78 is 1.36. The maximum atomic E-state index is 10.7. The molecule has 2 aliphatic rings. The molecule has 145 valence electrons. The van der Waals surface area contributed by atoms with Crippen LogP contribution in [0.1, 0.15) is 0 Å². The molecule has 1 radical (unpaired) electrons. The smallest absolute Gasteiger partial charge is 0.203 e. The van der Waals surface area contributed by atoms with E-state index in [-0.39, 0.29) is 40.1 Å². The Hall–Kier alpha value is -2.13. The number of hydrogen-bond donors (Lipinski definition) is 0. The van der Waals surface area contributed by atoms with Crippen molar-refractivity contribution in [1.29, 1.82) is 0 Å². The molecule has 0 saturated carbocycles. The van der Waals surface area contributed by atoms with Crippen molar-refractivity contribution in [2.45, 2.75) is 0 Å². The van der Waals surface area contributed by atoms with Crippen molar-refractivity contribution in [3.05, 3.63) is 86.4 Å². The molecular formula is C17H11Br2CuN3O4-2. The minimum atomic E-state index is -0.349. The van der Waals surface area contributed by atoms with Gasteiger partial charge in [-0.1, -0.05) is 37.9 Å². The summed E-state index contributed by atoms with van der Waals surface area (Å²) in [6.45, 7) is 0. The van der Waals surface area contributed by atoms with E-state index in [2.05, 4.69) is 47.2 Å². The van der Waals surface area contributed by atoms with Crippen molar-refractivity contribution < 1.29 is 26.7 Å². The average molecular weight is 545 g/mol. The van der Waals surface area contributed by atoms with Gasteiger partial charge >= 0.3 is 0 Å². The van der Waals surface area contributed by atoms with Crippen LogP contribution in [0.4, 0.5) is 0 Å². The van der Waals surface area contributed by atoms with Crippen LogP contribution in [0, 0.1) is 10.4 Å². The zero-order valence-corrected chi connectivity index (χ0v) is 17.5. The first-order valence-electron chi connectivity index (χ1n) is 6.92. The van der Waals surface area contributed by atoms with Gasteiger partial charge in [0.1, 0.15) is 11.4 Å². The molecule has 0 saturated heterocycles. The number of allylic oxidation sites excluding steroid dienone is 8. The zero-order valence-electron chi connectivity index (χ0n) is 13.4. The zero-order chi connectivity index (χ0) is 19.4. The Morgan fingerprint density at radius 2 is 1.15 bits per heavy atom. The van der Waals surface area contributed by atoms with Crippen molar-refractivity contribution >= 4 is 54.8 Å². The van der Waals surface area contributed by atoms with Gasteiger partial charge in [-0.15, -0.1) is 0 Å². The standard InChI is InChI=1S/2C6H4BrNO2.C5H5N.Cu/c2*7-4-1-2-6(9)5(3-4)8-10;1-2-4-6-5-3-1;/h2*1-3,10H;1-5H;/p-2/b2*8-5+;;. The minimum absolute atomic E-state index is 0. The van der Waals surface area contributed by atoms with Crippen LogP contribution < -0.4 is 0 Å². The van der Waals surface area contributed by atoms with Crippen molar-refractivity contribution in [1.82, 2.24) is 4.98 Å². The summed E-state index contributed by atoms with van der Waals surface area (Å²) >= 11 is 6.20. The summed E-state index contributed by atoms with van der Waals surface area (Å²) in [6, 6.07) is 5.72. The second-order valence-electron chi connectivity index (χ2n) is 4.43. The third-order valence-corrected chi connectivity index (χ3v) is 3.59. The predicted molar refractivity (Wildman–Crippen MR) is 108 cm³/mol. The van der Waals surface area contributed by atoms with Crippen molar-refractivity contribution in [2.75, 3.05) is 0 Å². The molecule has 1 heterocycles. The number of carbonyl (C=O) groups is 2. The van der Waals surface area contributed by atoms with E-state index >= 15 is 0 Å². The van der Waals surface area contributed by atoms with Gasteiger partial charge in [-0.2, -0.15) is 0 Å². The van der Waals surface area contributed by atoms with E-state index in [1.54, 1.807) is 24.5 Å². The number of aromatic nitrogens is 1. The first-order valence-corrected chi connectivity index (χ1v) is 8.51. The fourth-order valence-electron chi connectivity index (χ4n) is 1.44. The molecule has 0 aliphatic heterocycles. The quantitative estimate of drug-likeness (QED) is 0.280. The first kappa shape index (κ1) is 24.9.